The summed E-state index contributed by atoms with van der Waals surface area (Å²) in [5.74, 6) is 0.0267. The maximum absolute atomic E-state index is 12.7. The molecule has 0 spiro atoms. The molecule has 1 unspecified atom stereocenters. The van der Waals surface area contributed by atoms with Crippen LogP contribution in [0, 0.1) is 5.92 Å². The van der Waals surface area contributed by atoms with Gasteiger partial charge in [0, 0.05) is 44.0 Å². The number of nitrogens with one attached hydrogen (secondary N) is 2. The summed E-state index contributed by atoms with van der Waals surface area (Å²) in [6.45, 7) is 3.42. The fourth-order valence-corrected chi connectivity index (χ4v) is 4.27. The number of para-hydroxylation sites is 1. The molecule has 1 atom stereocenters. The van der Waals surface area contributed by atoms with E-state index in [1.54, 1.807) is 4.90 Å². The number of carbonyl (C=O) groups is 2. The first kappa shape index (κ1) is 18.3. The molecule has 1 aromatic rings. The van der Waals surface area contributed by atoms with Gasteiger partial charge < -0.3 is 20.4 Å². The predicted octanol–water partition coefficient (Wildman–Crippen LogP) is 2.67. The quantitative estimate of drug-likeness (QED) is 0.856. The van der Waals surface area contributed by atoms with E-state index in [9.17, 15) is 9.59 Å². The normalized spacial score (nSPS) is 24.4. The third kappa shape index (κ3) is 4.80. The Balaban J connectivity index is 1.25. The summed E-state index contributed by atoms with van der Waals surface area (Å²) in [5.41, 5.74) is 0.788. The first-order valence-electron chi connectivity index (χ1n) is 10.3. The number of nitrogens with zero attached hydrogens (tertiary/aromatic N) is 2. The second-order valence-electron chi connectivity index (χ2n) is 8.13. The Bertz CT molecular complexity index is 653. The van der Waals surface area contributed by atoms with Crippen LogP contribution >= 0.6 is 0 Å². The molecule has 27 heavy (non-hydrogen) atoms. The Kier molecular flexibility index (Phi) is 5.62. The average molecular weight is 370 g/mol. The van der Waals surface area contributed by atoms with Crippen LogP contribution in [0.2, 0.25) is 0 Å². The van der Waals surface area contributed by atoms with Crippen molar-refractivity contribution in [3.05, 3.63) is 30.3 Å². The van der Waals surface area contributed by atoms with E-state index in [1.807, 2.05) is 30.3 Å². The lowest BCUT2D eigenvalue weighted by Gasteiger charge is -2.35. The van der Waals surface area contributed by atoms with Gasteiger partial charge in [-0.3, -0.25) is 4.79 Å². The lowest BCUT2D eigenvalue weighted by molar-refractivity contribution is -0.127. The molecule has 3 amide bonds. The zero-order valence-corrected chi connectivity index (χ0v) is 15.9. The van der Waals surface area contributed by atoms with E-state index in [1.165, 1.54) is 12.8 Å². The number of rotatable bonds is 4. The van der Waals surface area contributed by atoms with Crippen LogP contribution in [0.15, 0.2) is 30.3 Å². The van der Waals surface area contributed by atoms with Crippen molar-refractivity contribution in [2.45, 2.75) is 50.6 Å². The Hall–Kier alpha value is -2.08. The van der Waals surface area contributed by atoms with Gasteiger partial charge in [-0.2, -0.15) is 0 Å². The van der Waals surface area contributed by atoms with E-state index >= 15 is 0 Å². The van der Waals surface area contributed by atoms with Crippen molar-refractivity contribution >= 4 is 17.6 Å². The smallest absolute Gasteiger partial charge is 0.321 e. The summed E-state index contributed by atoms with van der Waals surface area (Å²) < 4.78 is 0. The maximum Gasteiger partial charge on any atom is 0.321 e. The highest BCUT2D eigenvalue weighted by Crippen LogP contribution is 2.29. The Morgan fingerprint density at radius 2 is 1.67 bits per heavy atom. The monoisotopic (exact) mass is 370 g/mol. The van der Waals surface area contributed by atoms with E-state index < -0.39 is 0 Å². The molecule has 1 saturated carbocycles. The highest BCUT2D eigenvalue weighted by molar-refractivity contribution is 5.90. The van der Waals surface area contributed by atoms with E-state index in [-0.39, 0.29) is 17.9 Å². The zero-order chi connectivity index (χ0) is 18.6. The number of amides is 3. The third-order valence-corrected chi connectivity index (χ3v) is 6.04. The van der Waals surface area contributed by atoms with Crippen LogP contribution in [0.25, 0.3) is 0 Å². The summed E-state index contributed by atoms with van der Waals surface area (Å²) >= 11 is 0. The number of hydrogen-bond donors (Lipinski definition) is 2. The van der Waals surface area contributed by atoms with Crippen LogP contribution in [0.1, 0.15) is 38.5 Å². The minimum Gasteiger partial charge on any atom is -0.353 e. The van der Waals surface area contributed by atoms with Crippen molar-refractivity contribution in [2.75, 3.05) is 31.5 Å². The second-order valence-corrected chi connectivity index (χ2v) is 8.13. The highest BCUT2D eigenvalue weighted by Gasteiger charge is 2.34. The van der Waals surface area contributed by atoms with Gasteiger partial charge in [0.05, 0.1) is 5.92 Å². The molecule has 2 N–H and O–H groups in total. The van der Waals surface area contributed by atoms with Gasteiger partial charge in [0.25, 0.3) is 0 Å². The largest absolute Gasteiger partial charge is 0.353 e. The van der Waals surface area contributed by atoms with Gasteiger partial charge >= 0.3 is 6.03 Å². The van der Waals surface area contributed by atoms with Crippen LogP contribution in [0.5, 0.6) is 0 Å². The van der Waals surface area contributed by atoms with Crippen LogP contribution in [-0.4, -0.2) is 60.0 Å². The molecule has 2 heterocycles. The topological polar surface area (TPSA) is 64.7 Å². The maximum atomic E-state index is 12.7. The minimum absolute atomic E-state index is 0.0956. The van der Waals surface area contributed by atoms with Crippen LogP contribution < -0.4 is 10.6 Å². The number of piperidine rings is 2. The lowest BCUT2D eigenvalue weighted by Crippen LogP contribution is -2.50. The van der Waals surface area contributed by atoms with Gasteiger partial charge in [-0.05, 0) is 50.7 Å². The second kappa shape index (κ2) is 8.30. The van der Waals surface area contributed by atoms with Crippen LogP contribution in [0.3, 0.4) is 0 Å². The first-order valence-corrected chi connectivity index (χ1v) is 10.3. The average Bonchev–Trinajstić information content (AvgIpc) is 3.55. The number of hydrogen-bond acceptors (Lipinski definition) is 3. The molecule has 0 aromatic heterocycles. The van der Waals surface area contributed by atoms with Gasteiger partial charge in [-0.15, -0.1) is 0 Å². The fourth-order valence-electron chi connectivity index (χ4n) is 4.27. The third-order valence-electron chi connectivity index (χ3n) is 6.04. The van der Waals surface area contributed by atoms with Gasteiger partial charge in [0.1, 0.15) is 0 Å². The molecule has 4 rings (SSSR count). The zero-order valence-electron chi connectivity index (χ0n) is 15.9. The molecular weight excluding hydrogens is 340 g/mol. The number of carbonyl (C=O) groups excluding carboxylic acids is 2. The van der Waals surface area contributed by atoms with Crippen LogP contribution in [-0.2, 0) is 4.79 Å². The van der Waals surface area contributed by atoms with E-state index in [0.717, 1.165) is 50.5 Å². The lowest BCUT2D eigenvalue weighted by atomic mass is 9.96. The molecule has 2 saturated heterocycles. The molecule has 0 bridgehead atoms. The van der Waals surface area contributed by atoms with Gasteiger partial charge in [-0.1, -0.05) is 18.2 Å². The molecule has 146 valence electrons. The molecule has 0 radical (unpaired) electrons. The fraction of sp³-hybridized carbons (Fsp3) is 0.619. The van der Waals surface area contributed by atoms with E-state index in [0.29, 0.717) is 19.1 Å². The molecule has 6 heteroatoms. The SMILES string of the molecule is O=C(NC1CCN(C2CC2)CC1)C1CCCN(C(=O)Nc2ccccc2)C1. The number of likely N-dealkylation sites (tertiary alicyclic amines) is 2. The molecule has 2 aliphatic heterocycles. The summed E-state index contributed by atoms with van der Waals surface area (Å²) in [4.78, 5) is 29.6. The van der Waals surface area contributed by atoms with Crippen molar-refractivity contribution in [1.82, 2.24) is 15.1 Å². The minimum atomic E-state index is -0.114. The Labute approximate surface area is 161 Å². The van der Waals surface area contributed by atoms with Gasteiger partial charge in [-0.25, -0.2) is 4.79 Å². The molecule has 6 nitrogen and oxygen atoms in total. The number of urea groups is 1. The summed E-state index contributed by atoms with van der Waals surface area (Å²) in [6, 6.07) is 10.5. The van der Waals surface area contributed by atoms with E-state index in [4.69, 9.17) is 0 Å². The first-order chi connectivity index (χ1) is 13.2. The van der Waals surface area contributed by atoms with E-state index in [2.05, 4.69) is 15.5 Å². The van der Waals surface area contributed by atoms with Gasteiger partial charge in [0.2, 0.25) is 5.91 Å². The predicted molar refractivity (Wildman–Crippen MR) is 106 cm³/mol. The summed E-state index contributed by atoms with van der Waals surface area (Å²) in [7, 11) is 0. The van der Waals surface area contributed by atoms with Crippen molar-refractivity contribution in [2.24, 2.45) is 5.92 Å². The molecular formula is C21H30N4O2. The molecule has 3 fully saturated rings. The Morgan fingerprint density at radius 3 is 2.37 bits per heavy atom. The standard InChI is InChI=1S/C21H30N4O2/c26-20(22-18-10-13-24(14-11-18)19-8-9-19)16-5-4-12-25(15-16)21(27)23-17-6-2-1-3-7-17/h1-3,6-7,16,18-19H,4-5,8-15H2,(H,22,26)(H,23,27). The number of anilines is 1. The Morgan fingerprint density at radius 1 is 0.926 bits per heavy atom. The summed E-state index contributed by atoms with van der Waals surface area (Å²) in [6.07, 6.45) is 6.53. The van der Waals surface area contributed by atoms with Crippen molar-refractivity contribution in [1.29, 1.82) is 0 Å². The van der Waals surface area contributed by atoms with Crippen LogP contribution in [0.4, 0.5) is 10.5 Å². The molecule has 1 aliphatic carbocycles. The highest BCUT2D eigenvalue weighted by atomic mass is 16.2. The van der Waals surface area contributed by atoms with Crippen molar-refractivity contribution in [3.63, 3.8) is 0 Å². The molecule has 3 aliphatic rings. The summed E-state index contributed by atoms with van der Waals surface area (Å²) in [5, 5.41) is 6.18. The van der Waals surface area contributed by atoms with Crippen molar-refractivity contribution in [3.8, 4) is 0 Å². The molecule has 1 aromatic carbocycles. The number of benzene rings is 1. The van der Waals surface area contributed by atoms with Crippen molar-refractivity contribution < 1.29 is 9.59 Å². The van der Waals surface area contributed by atoms with Gasteiger partial charge in [0.15, 0.2) is 0 Å².